The van der Waals surface area contributed by atoms with E-state index < -0.39 is 0 Å². The number of benzene rings is 1. The Kier molecular flexibility index (Phi) is 4.97. The zero-order valence-electron chi connectivity index (χ0n) is 15.2. The third-order valence-corrected chi connectivity index (χ3v) is 4.20. The lowest BCUT2D eigenvalue weighted by Gasteiger charge is -2.17. The highest BCUT2D eigenvalue weighted by Gasteiger charge is 2.17. The van der Waals surface area contributed by atoms with Crippen molar-refractivity contribution in [2.75, 3.05) is 14.2 Å². The molecule has 3 rings (SSSR count). The SMILES string of the molecule is COc1ccc(-c2ccc(C(=O)N(C)Cc3c(C)noc3C)cc2)nn1. The van der Waals surface area contributed by atoms with Crippen LogP contribution in [0.2, 0.25) is 0 Å². The van der Waals surface area contributed by atoms with Gasteiger partial charge in [0.2, 0.25) is 5.88 Å². The van der Waals surface area contributed by atoms with Gasteiger partial charge in [-0.25, -0.2) is 0 Å². The summed E-state index contributed by atoms with van der Waals surface area (Å²) < 4.78 is 10.2. The van der Waals surface area contributed by atoms with Gasteiger partial charge in [-0.3, -0.25) is 4.79 Å². The molecule has 1 aromatic carbocycles. The van der Waals surface area contributed by atoms with E-state index in [2.05, 4.69) is 15.4 Å². The molecule has 0 spiro atoms. The molecule has 0 aliphatic heterocycles. The van der Waals surface area contributed by atoms with Gasteiger partial charge in [0.05, 0.1) is 25.0 Å². The Morgan fingerprint density at radius 1 is 1.12 bits per heavy atom. The van der Waals surface area contributed by atoms with E-state index >= 15 is 0 Å². The van der Waals surface area contributed by atoms with Crippen LogP contribution < -0.4 is 4.74 Å². The average Bonchev–Trinajstić information content (AvgIpc) is 2.99. The van der Waals surface area contributed by atoms with Crippen LogP contribution in [0, 0.1) is 13.8 Å². The minimum absolute atomic E-state index is 0.0719. The number of hydrogen-bond donors (Lipinski definition) is 0. The first kappa shape index (κ1) is 17.6. The predicted molar refractivity (Wildman–Crippen MR) is 95.8 cm³/mol. The van der Waals surface area contributed by atoms with Crippen LogP contribution in [-0.2, 0) is 6.54 Å². The summed E-state index contributed by atoms with van der Waals surface area (Å²) in [6.45, 7) is 4.17. The topological polar surface area (TPSA) is 81.4 Å². The lowest BCUT2D eigenvalue weighted by molar-refractivity contribution is 0.0784. The molecule has 26 heavy (non-hydrogen) atoms. The van der Waals surface area contributed by atoms with E-state index in [1.807, 2.05) is 32.0 Å². The molecule has 134 valence electrons. The highest BCUT2D eigenvalue weighted by molar-refractivity contribution is 5.94. The first-order chi connectivity index (χ1) is 12.5. The fourth-order valence-corrected chi connectivity index (χ4v) is 2.62. The molecule has 7 nitrogen and oxygen atoms in total. The molecular weight excluding hydrogens is 332 g/mol. The molecule has 0 radical (unpaired) electrons. The van der Waals surface area contributed by atoms with Crippen molar-refractivity contribution in [2.24, 2.45) is 0 Å². The van der Waals surface area contributed by atoms with Crippen LogP contribution in [0.4, 0.5) is 0 Å². The van der Waals surface area contributed by atoms with Gasteiger partial charge in [0.15, 0.2) is 0 Å². The van der Waals surface area contributed by atoms with Gasteiger partial charge < -0.3 is 14.2 Å². The maximum absolute atomic E-state index is 12.7. The highest BCUT2D eigenvalue weighted by Crippen LogP contribution is 2.20. The third-order valence-electron chi connectivity index (χ3n) is 4.20. The third kappa shape index (κ3) is 3.56. The van der Waals surface area contributed by atoms with E-state index in [9.17, 15) is 4.79 Å². The molecular formula is C19H20N4O3. The first-order valence-corrected chi connectivity index (χ1v) is 8.15. The van der Waals surface area contributed by atoms with Gasteiger partial charge in [0, 0.05) is 29.8 Å². The zero-order chi connectivity index (χ0) is 18.7. The molecule has 7 heteroatoms. The van der Waals surface area contributed by atoms with Gasteiger partial charge in [0.1, 0.15) is 5.76 Å². The van der Waals surface area contributed by atoms with E-state index in [-0.39, 0.29) is 5.91 Å². The maximum Gasteiger partial charge on any atom is 0.253 e. The zero-order valence-corrected chi connectivity index (χ0v) is 15.2. The molecule has 0 N–H and O–H groups in total. The van der Waals surface area contributed by atoms with Gasteiger partial charge in [-0.2, -0.15) is 0 Å². The standard InChI is InChI=1S/C19H20N4O3/c1-12-16(13(2)26-22-12)11-23(3)19(24)15-7-5-14(6-8-15)17-9-10-18(25-4)21-20-17/h5-10H,11H2,1-4H3. The van der Waals surface area contributed by atoms with E-state index in [1.165, 1.54) is 0 Å². The van der Waals surface area contributed by atoms with Crippen molar-refractivity contribution in [3.63, 3.8) is 0 Å². The van der Waals surface area contributed by atoms with Crippen molar-refractivity contribution >= 4 is 5.91 Å². The smallest absolute Gasteiger partial charge is 0.253 e. The summed E-state index contributed by atoms with van der Waals surface area (Å²) in [6, 6.07) is 10.9. The summed E-state index contributed by atoms with van der Waals surface area (Å²) in [7, 11) is 3.31. The second-order valence-corrected chi connectivity index (χ2v) is 6.00. The largest absolute Gasteiger partial charge is 0.480 e. The van der Waals surface area contributed by atoms with Gasteiger partial charge >= 0.3 is 0 Å². The number of amides is 1. The molecule has 0 saturated carbocycles. The quantitative estimate of drug-likeness (QED) is 0.702. The van der Waals surface area contributed by atoms with Crippen LogP contribution in [0.5, 0.6) is 5.88 Å². The fraction of sp³-hybridized carbons (Fsp3) is 0.263. The summed E-state index contributed by atoms with van der Waals surface area (Å²) in [5.41, 5.74) is 3.94. The van der Waals surface area contributed by atoms with Crippen LogP contribution in [0.3, 0.4) is 0 Å². The minimum Gasteiger partial charge on any atom is -0.480 e. The average molecular weight is 352 g/mol. The summed E-state index contributed by atoms with van der Waals surface area (Å²) in [6.07, 6.45) is 0. The summed E-state index contributed by atoms with van der Waals surface area (Å²) in [5, 5.41) is 12.0. The Morgan fingerprint density at radius 2 is 1.85 bits per heavy atom. The van der Waals surface area contributed by atoms with Crippen molar-refractivity contribution in [3.8, 4) is 17.1 Å². The van der Waals surface area contributed by atoms with Crippen molar-refractivity contribution in [2.45, 2.75) is 20.4 Å². The normalized spacial score (nSPS) is 10.6. The van der Waals surface area contributed by atoms with Gasteiger partial charge in [-0.15, -0.1) is 10.2 Å². The number of methoxy groups -OCH3 is 1. The lowest BCUT2D eigenvalue weighted by Crippen LogP contribution is -2.26. The number of rotatable bonds is 5. The predicted octanol–water partition coefficient (Wildman–Crippen LogP) is 3.03. The van der Waals surface area contributed by atoms with Crippen molar-refractivity contribution in [3.05, 3.63) is 59.0 Å². The van der Waals surface area contributed by atoms with Crippen molar-refractivity contribution in [1.29, 1.82) is 0 Å². The summed E-state index contributed by atoms with van der Waals surface area (Å²) in [4.78, 5) is 14.3. The number of carbonyl (C=O) groups excluding carboxylic acids is 1. The van der Waals surface area contributed by atoms with Crippen LogP contribution >= 0.6 is 0 Å². The van der Waals surface area contributed by atoms with E-state index in [4.69, 9.17) is 9.26 Å². The molecule has 0 atom stereocenters. The van der Waals surface area contributed by atoms with Crippen molar-refractivity contribution < 1.29 is 14.1 Å². The van der Waals surface area contributed by atoms with E-state index in [1.54, 1.807) is 37.3 Å². The summed E-state index contributed by atoms with van der Waals surface area (Å²) >= 11 is 0. The number of ether oxygens (including phenoxy) is 1. The van der Waals surface area contributed by atoms with E-state index in [0.717, 1.165) is 22.6 Å². The van der Waals surface area contributed by atoms with Crippen LogP contribution in [0.15, 0.2) is 40.9 Å². The Hall–Kier alpha value is -3.22. The molecule has 0 unspecified atom stereocenters. The van der Waals surface area contributed by atoms with Gasteiger partial charge in [-0.1, -0.05) is 17.3 Å². The second kappa shape index (κ2) is 7.35. The number of aromatic nitrogens is 3. The molecule has 3 aromatic rings. The summed E-state index contributed by atoms with van der Waals surface area (Å²) in [5.74, 6) is 1.12. The Morgan fingerprint density at radius 3 is 2.38 bits per heavy atom. The molecule has 1 amide bonds. The monoisotopic (exact) mass is 352 g/mol. The molecule has 0 fully saturated rings. The Labute approximate surface area is 151 Å². The van der Waals surface area contributed by atoms with Gasteiger partial charge in [0.25, 0.3) is 5.91 Å². The number of aryl methyl sites for hydroxylation is 2. The first-order valence-electron chi connectivity index (χ1n) is 8.15. The number of hydrogen-bond acceptors (Lipinski definition) is 6. The van der Waals surface area contributed by atoms with Gasteiger partial charge in [-0.05, 0) is 32.0 Å². The molecule has 2 heterocycles. The van der Waals surface area contributed by atoms with Crippen molar-refractivity contribution in [1.82, 2.24) is 20.3 Å². The Bertz CT molecular complexity index is 882. The van der Waals surface area contributed by atoms with E-state index in [0.29, 0.717) is 23.7 Å². The fourth-order valence-electron chi connectivity index (χ4n) is 2.62. The molecule has 2 aromatic heterocycles. The highest BCUT2D eigenvalue weighted by atomic mass is 16.5. The minimum atomic E-state index is -0.0719. The lowest BCUT2D eigenvalue weighted by atomic mass is 10.1. The molecule has 0 aliphatic rings. The second-order valence-electron chi connectivity index (χ2n) is 6.00. The Balaban J connectivity index is 1.73. The van der Waals surface area contributed by atoms with Crippen LogP contribution in [0.1, 0.15) is 27.4 Å². The number of carbonyl (C=O) groups is 1. The van der Waals surface area contributed by atoms with Crippen LogP contribution in [0.25, 0.3) is 11.3 Å². The molecule has 0 aliphatic carbocycles. The molecule has 0 bridgehead atoms. The molecule has 0 saturated heterocycles. The van der Waals surface area contributed by atoms with Crippen LogP contribution in [-0.4, -0.2) is 40.3 Å². The maximum atomic E-state index is 12.7. The number of nitrogens with zero attached hydrogens (tertiary/aromatic N) is 4.